The van der Waals surface area contributed by atoms with Gasteiger partial charge in [0.2, 0.25) is 0 Å². The van der Waals surface area contributed by atoms with Crippen molar-refractivity contribution in [2.24, 2.45) is 0 Å². The first-order valence-corrected chi connectivity index (χ1v) is 10.3. The van der Waals surface area contributed by atoms with Gasteiger partial charge in [-0.1, -0.05) is 67.5 Å². The first kappa shape index (κ1) is 21.3. The van der Waals surface area contributed by atoms with Crippen LogP contribution in [0.2, 0.25) is 0 Å². The van der Waals surface area contributed by atoms with E-state index in [-0.39, 0.29) is 16.2 Å². The third kappa shape index (κ3) is 3.24. The molecule has 0 amide bonds. The molecule has 27 heavy (non-hydrogen) atoms. The Labute approximate surface area is 165 Å². The normalized spacial score (nSPS) is 19.3. The molecule has 0 bridgehead atoms. The maximum absolute atomic E-state index is 9.96. The summed E-state index contributed by atoms with van der Waals surface area (Å²) >= 11 is 0. The predicted octanol–water partition coefficient (Wildman–Crippen LogP) is 6.80. The van der Waals surface area contributed by atoms with E-state index in [2.05, 4.69) is 39.8 Å². The van der Waals surface area contributed by atoms with Gasteiger partial charge in [-0.05, 0) is 70.2 Å². The highest BCUT2D eigenvalue weighted by atomic mass is 16.3. The van der Waals surface area contributed by atoms with E-state index < -0.39 is 0 Å². The number of hydrogen-bond donors (Lipinski definition) is 2. The summed E-state index contributed by atoms with van der Waals surface area (Å²) in [6.07, 6.45) is 2.08. The van der Waals surface area contributed by atoms with Gasteiger partial charge in [0.25, 0.3) is 0 Å². The van der Waals surface area contributed by atoms with E-state index in [1.54, 1.807) is 0 Å². The topological polar surface area (TPSA) is 40.5 Å². The predicted molar refractivity (Wildman–Crippen MR) is 115 cm³/mol. The summed E-state index contributed by atoms with van der Waals surface area (Å²) in [6, 6.07) is 11.7. The first-order valence-electron chi connectivity index (χ1n) is 10.3. The standard InChI is InChI=1S/C21H24O2.2C2H6/c1-19(2)11-21(15-7-5-13(22)9-17(15)19)12-20(3,4)18-10-14(23)6-8-16(18)21;2*1-2/h5-10,22-23H,11-12H2,1-4H3;2*1-2H3. The smallest absolute Gasteiger partial charge is 0.115 e. The number of fused-ring (bicyclic) bond motifs is 4. The van der Waals surface area contributed by atoms with Crippen molar-refractivity contribution in [3.05, 3.63) is 58.7 Å². The fraction of sp³-hybridized carbons (Fsp3) is 0.520. The van der Waals surface area contributed by atoms with Crippen LogP contribution < -0.4 is 0 Å². The van der Waals surface area contributed by atoms with Gasteiger partial charge in [0.1, 0.15) is 11.5 Å². The molecule has 0 saturated carbocycles. The number of phenolic OH excluding ortho intramolecular Hbond substituents is 2. The molecule has 0 saturated heterocycles. The lowest BCUT2D eigenvalue weighted by Crippen LogP contribution is -2.26. The van der Waals surface area contributed by atoms with E-state index >= 15 is 0 Å². The number of rotatable bonds is 0. The Morgan fingerprint density at radius 1 is 0.593 bits per heavy atom. The summed E-state index contributed by atoms with van der Waals surface area (Å²) in [7, 11) is 0. The Balaban J connectivity index is 0.000000614. The fourth-order valence-electron chi connectivity index (χ4n) is 5.31. The van der Waals surface area contributed by atoms with Gasteiger partial charge in [-0.15, -0.1) is 0 Å². The average molecular weight is 369 g/mol. The molecule has 0 aromatic heterocycles. The van der Waals surface area contributed by atoms with E-state index in [0.29, 0.717) is 11.5 Å². The van der Waals surface area contributed by atoms with Crippen molar-refractivity contribution in [1.29, 1.82) is 0 Å². The molecule has 2 N–H and O–H groups in total. The Bertz CT molecular complexity index is 746. The van der Waals surface area contributed by atoms with E-state index in [1.165, 1.54) is 22.3 Å². The minimum atomic E-state index is -0.0148. The Morgan fingerprint density at radius 2 is 0.926 bits per heavy atom. The molecule has 4 rings (SSSR count). The van der Waals surface area contributed by atoms with E-state index in [9.17, 15) is 10.2 Å². The molecular formula is C25H36O2. The van der Waals surface area contributed by atoms with Crippen LogP contribution in [0.25, 0.3) is 0 Å². The van der Waals surface area contributed by atoms with Crippen LogP contribution in [-0.4, -0.2) is 10.2 Å². The quantitative estimate of drug-likeness (QED) is 0.537. The second kappa shape index (κ2) is 7.22. The van der Waals surface area contributed by atoms with Crippen molar-refractivity contribution < 1.29 is 10.2 Å². The molecule has 0 unspecified atom stereocenters. The highest BCUT2D eigenvalue weighted by molar-refractivity contribution is 5.61. The SMILES string of the molecule is CC.CC.CC1(C)CC2(CC(C)(C)c3cc(O)ccc32)c2ccc(O)cc21. The van der Waals surface area contributed by atoms with Gasteiger partial charge in [0.05, 0.1) is 0 Å². The van der Waals surface area contributed by atoms with Gasteiger partial charge in [-0.2, -0.15) is 0 Å². The third-order valence-electron chi connectivity index (χ3n) is 5.98. The van der Waals surface area contributed by atoms with Crippen molar-refractivity contribution >= 4 is 0 Å². The number of benzene rings is 2. The van der Waals surface area contributed by atoms with Gasteiger partial charge >= 0.3 is 0 Å². The molecule has 0 atom stereocenters. The highest BCUT2D eigenvalue weighted by Gasteiger charge is 2.56. The molecule has 2 aromatic rings. The van der Waals surface area contributed by atoms with Crippen LogP contribution in [0.4, 0.5) is 0 Å². The largest absolute Gasteiger partial charge is 0.508 e. The van der Waals surface area contributed by atoms with Crippen LogP contribution in [0.3, 0.4) is 0 Å². The van der Waals surface area contributed by atoms with Crippen molar-refractivity contribution in [3.63, 3.8) is 0 Å². The fourth-order valence-corrected chi connectivity index (χ4v) is 5.31. The molecule has 148 valence electrons. The lowest BCUT2D eigenvalue weighted by Gasteiger charge is -2.30. The maximum atomic E-state index is 9.96. The van der Waals surface area contributed by atoms with Crippen molar-refractivity contribution in [3.8, 4) is 11.5 Å². The first-order chi connectivity index (χ1) is 12.7. The third-order valence-corrected chi connectivity index (χ3v) is 5.98. The lowest BCUT2D eigenvalue weighted by molar-refractivity contribution is 0.349. The molecule has 2 aliphatic rings. The average Bonchev–Trinajstić information content (AvgIpc) is 2.98. The molecule has 0 fully saturated rings. The molecule has 1 spiro atoms. The van der Waals surface area contributed by atoms with E-state index in [4.69, 9.17) is 0 Å². The van der Waals surface area contributed by atoms with Crippen LogP contribution in [0.1, 0.15) is 90.5 Å². The molecule has 0 heterocycles. The summed E-state index contributed by atoms with van der Waals surface area (Å²) in [4.78, 5) is 0. The number of aromatic hydroxyl groups is 2. The van der Waals surface area contributed by atoms with Crippen LogP contribution in [-0.2, 0) is 16.2 Å². The van der Waals surface area contributed by atoms with Crippen molar-refractivity contribution in [1.82, 2.24) is 0 Å². The van der Waals surface area contributed by atoms with Crippen LogP contribution >= 0.6 is 0 Å². The molecule has 2 nitrogen and oxygen atoms in total. The zero-order valence-electron chi connectivity index (χ0n) is 18.3. The van der Waals surface area contributed by atoms with E-state index in [0.717, 1.165) is 12.8 Å². The van der Waals surface area contributed by atoms with Crippen molar-refractivity contribution in [2.75, 3.05) is 0 Å². The Morgan fingerprint density at radius 3 is 1.26 bits per heavy atom. The molecule has 2 aromatic carbocycles. The van der Waals surface area contributed by atoms with Gasteiger partial charge in [0, 0.05) is 5.41 Å². The number of hydrogen-bond acceptors (Lipinski definition) is 2. The summed E-state index contributed by atoms with van der Waals surface area (Å²) in [5.74, 6) is 0.689. The zero-order chi connectivity index (χ0) is 20.6. The van der Waals surface area contributed by atoms with Crippen LogP contribution in [0.5, 0.6) is 11.5 Å². The van der Waals surface area contributed by atoms with Gasteiger partial charge in [-0.25, -0.2) is 0 Å². The monoisotopic (exact) mass is 368 g/mol. The minimum absolute atomic E-state index is 0.0148. The molecular weight excluding hydrogens is 332 g/mol. The zero-order valence-corrected chi connectivity index (χ0v) is 18.3. The summed E-state index contributed by atoms with van der Waals surface area (Å²) in [6.45, 7) is 17.1. The maximum Gasteiger partial charge on any atom is 0.115 e. The van der Waals surface area contributed by atoms with Crippen LogP contribution in [0, 0.1) is 0 Å². The second-order valence-electron chi connectivity index (χ2n) is 8.66. The molecule has 0 radical (unpaired) electrons. The summed E-state index contributed by atoms with van der Waals surface area (Å²) in [5, 5.41) is 19.9. The van der Waals surface area contributed by atoms with Gasteiger partial charge in [-0.3, -0.25) is 0 Å². The highest BCUT2D eigenvalue weighted by Crippen LogP contribution is 2.63. The lowest BCUT2D eigenvalue weighted by atomic mass is 9.72. The molecule has 2 heteroatoms. The Kier molecular flexibility index (Phi) is 5.71. The van der Waals surface area contributed by atoms with Crippen LogP contribution in [0.15, 0.2) is 36.4 Å². The molecule has 0 aliphatic heterocycles. The minimum Gasteiger partial charge on any atom is -0.508 e. The summed E-state index contributed by atoms with van der Waals surface area (Å²) < 4.78 is 0. The summed E-state index contributed by atoms with van der Waals surface area (Å²) in [5.41, 5.74) is 5.26. The van der Waals surface area contributed by atoms with Gasteiger partial charge in [0.15, 0.2) is 0 Å². The Hall–Kier alpha value is -1.96. The number of phenols is 2. The van der Waals surface area contributed by atoms with Gasteiger partial charge < -0.3 is 10.2 Å². The van der Waals surface area contributed by atoms with E-state index in [1.807, 2.05) is 52.0 Å². The molecule has 2 aliphatic carbocycles. The second-order valence-corrected chi connectivity index (χ2v) is 8.66. The van der Waals surface area contributed by atoms with Crippen molar-refractivity contribution in [2.45, 2.75) is 84.5 Å².